The Balaban J connectivity index is 2.81. The summed E-state index contributed by atoms with van der Waals surface area (Å²) in [5.41, 5.74) is 2.86. The molecule has 0 aromatic heterocycles. The maximum absolute atomic E-state index is 5.23. The average molecular weight is 269 g/mol. The van der Waals surface area contributed by atoms with E-state index in [1.54, 1.807) is 14.2 Å². The predicted octanol–water partition coefficient (Wildman–Crippen LogP) is 4.61. The second-order valence-corrected chi connectivity index (χ2v) is 4.25. The Labute approximate surface area is 121 Å². The van der Waals surface area contributed by atoms with Crippen LogP contribution in [0.3, 0.4) is 0 Å². The molecule has 1 aromatic carbocycles. The van der Waals surface area contributed by atoms with Crippen molar-refractivity contribution in [1.29, 1.82) is 0 Å². The summed E-state index contributed by atoms with van der Waals surface area (Å²) in [4.78, 5) is 0. The second-order valence-electron chi connectivity index (χ2n) is 4.25. The molecule has 0 amide bonds. The fraction of sp³-hybridized carbons (Fsp3) is 0.167. The molecule has 106 valence electrons. The third-order valence-corrected chi connectivity index (χ3v) is 2.75. The molecule has 0 saturated carbocycles. The van der Waals surface area contributed by atoms with Gasteiger partial charge < -0.3 is 9.47 Å². The molecule has 0 saturated heterocycles. The summed E-state index contributed by atoms with van der Waals surface area (Å²) in [6.45, 7) is 9.79. The highest BCUT2D eigenvalue weighted by Crippen LogP contribution is 2.23. The zero-order valence-electron chi connectivity index (χ0n) is 12.3. The Kier molecular flexibility index (Phi) is 6.24. The highest BCUT2D eigenvalue weighted by molar-refractivity contribution is 5.58. The van der Waals surface area contributed by atoms with E-state index in [1.165, 1.54) is 0 Å². The van der Waals surface area contributed by atoms with Crippen LogP contribution in [-0.2, 0) is 0 Å². The van der Waals surface area contributed by atoms with E-state index in [0.29, 0.717) is 0 Å². The maximum Gasteiger partial charge on any atom is 0.123 e. The third kappa shape index (κ3) is 5.11. The highest BCUT2D eigenvalue weighted by atomic mass is 16.5. The van der Waals surface area contributed by atoms with E-state index in [0.717, 1.165) is 28.2 Å². The summed E-state index contributed by atoms with van der Waals surface area (Å²) in [6, 6.07) is 5.72. The van der Waals surface area contributed by atoms with Crippen LogP contribution in [0.1, 0.15) is 12.5 Å². The molecule has 0 N–H and O–H groups in total. The first-order valence-electron chi connectivity index (χ1n) is 6.35. The molecule has 1 aromatic rings. The van der Waals surface area contributed by atoms with Crippen molar-refractivity contribution < 1.29 is 9.47 Å². The van der Waals surface area contributed by atoms with Crippen molar-refractivity contribution in [3.05, 3.63) is 72.7 Å². The predicted molar refractivity (Wildman–Crippen MR) is 86.0 cm³/mol. The van der Waals surface area contributed by atoms with Gasteiger partial charge in [-0.2, -0.15) is 24.6 Å². The molecule has 2 nitrogen and oxygen atoms in total. The van der Waals surface area contributed by atoms with Crippen LogP contribution in [0.2, 0.25) is 0 Å². The molecule has 0 spiro atoms. The van der Waals surface area contributed by atoms with Crippen LogP contribution in [0, 0.1) is 6.42 Å². The van der Waals surface area contributed by atoms with Crippen LogP contribution >= 0.6 is 0 Å². The van der Waals surface area contributed by atoms with Crippen molar-refractivity contribution in [2.45, 2.75) is 6.92 Å². The first kappa shape index (κ1) is 15.7. The van der Waals surface area contributed by atoms with Crippen LogP contribution in [0.4, 0.5) is 0 Å². The zero-order valence-corrected chi connectivity index (χ0v) is 12.3. The van der Waals surface area contributed by atoms with Gasteiger partial charge in [0.05, 0.1) is 14.2 Å². The van der Waals surface area contributed by atoms with E-state index < -0.39 is 0 Å². The summed E-state index contributed by atoms with van der Waals surface area (Å²) in [5, 5.41) is 0. The standard InChI is InChI=1S/C18H21O2/c1-6-14(2)7-8-15(3)9-10-16-11-17(19-4)13-18(12-16)20-5/h6-13H,2-3H2,1,4-5H3/q-1/b8-7-,10-9+. The van der Waals surface area contributed by atoms with Crippen LogP contribution in [0.25, 0.3) is 6.08 Å². The molecular weight excluding hydrogens is 248 g/mol. The Morgan fingerprint density at radius 3 is 2.10 bits per heavy atom. The number of ether oxygens (including phenoxy) is 2. The zero-order chi connectivity index (χ0) is 15.0. The molecule has 2 heteroatoms. The van der Waals surface area contributed by atoms with Crippen molar-refractivity contribution in [3.63, 3.8) is 0 Å². The number of rotatable bonds is 7. The maximum atomic E-state index is 5.23. The number of hydrogen-bond donors (Lipinski definition) is 0. The van der Waals surface area contributed by atoms with E-state index in [4.69, 9.17) is 9.47 Å². The number of benzene rings is 1. The third-order valence-electron chi connectivity index (χ3n) is 2.75. The van der Waals surface area contributed by atoms with Crippen LogP contribution in [0.15, 0.2) is 60.7 Å². The van der Waals surface area contributed by atoms with Gasteiger partial charge in [-0.1, -0.05) is 25.7 Å². The quantitative estimate of drug-likeness (QED) is 0.531. The molecule has 1 rings (SSSR count). The Hall–Kier alpha value is -2.35. The molecule has 0 bridgehead atoms. The molecule has 0 fully saturated rings. The van der Waals surface area contributed by atoms with Gasteiger partial charge in [0.15, 0.2) is 0 Å². The Bertz CT molecular complexity index is 514. The lowest BCUT2D eigenvalue weighted by Crippen LogP contribution is -1.88. The average Bonchev–Trinajstić information content (AvgIpc) is 2.49. The smallest absolute Gasteiger partial charge is 0.123 e. The van der Waals surface area contributed by atoms with E-state index in [2.05, 4.69) is 13.2 Å². The number of hydrogen-bond acceptors (Lipinski definition) is 2. The normalized spacial score (nSPS) is 10.8. The van der Waals surface area contributed by atoms with Crippen molar-refractivity contribution in [2.24, 2.45) is 0 Å². The molecule has 0 aliphatic heterocycles. The fourth-order valence-corrected chi connectivity index (χ4v) is 1.49. The largest absolute Gasteiger partial charge is 0.497 e. The van der Waals surface area contributed by atoms with Gasteiger partial charge >= 0.3 is 0 Å². The Morgan fingerprint density at radius 1 is 1.00 bits per heavy atom. The summed E-state index contributed by atoms with van der Waals surface area (Å²) in [7, 11) is 3.27. The molecule has 0 heterocycles. The number of allylic oxidation sites excluding steroid dienone is 5. The molecule has 0 aliphatic carbocycles. The molecule has 0 unspecified atom stereocenters. The SMILES string of the molecule is C=C(/C=C\C(=C)[CH-]C)/C=C/c1cc(OC)cc(OC)c1. The molecular formula is C18H21O2-. The van der Waals surface area contributed by atoms with E-state index in [9.17, 15) is 0 Å². The minimum atomic E-state index is 0.763. The second kappa shape index (κ2) is 7.95. The van der Waals surface area contributed by atoms with E-state index >= 15 is 0 Å². The number of methoxy groups -OCH3 is 2. The van der Waals surface area contributed by atoms with Crippen molar-refractivity contribution in [3.8, 4) is 11.5 Å². The Morgan fingerprint density at radius 2 is 1.60 bits per heavy atom. The highest BCUT2D eigenvalue weighted by Gasteiger charge is 1.98. The van der Waals surface area contributed by atoms with Gasteiger partial charge in [-0.15, -0.1) is 6.08 Å². The molecule has 0 radical (unpaired) electrons. The van der Waals surface area contributed by atoms with Crippen LogP contribution < -0.4 is 9.47 Å². The first-order valence-corrected chi connectivity index (χ1v) is 6.35. The fourth-order valence-electron chi connectivity index (χ4n) is 1.49. The molecule has 0 aliphatic rings. The lowest BCUT2D eigenvalue weighted by Gasteiger charge is -2.06. The monoisotopic (exact) mass is 269 g/mol. The lowest BCUT2D eigenvalue weighted by atomic mass is 10.1. The van der Waals surface area contributed by atoms with Gasteiger partial charge in [0.2, 0.25) is 0 Å². The summed E-state index contributed by atoms with van der Waals surface area (Å²) >= 11 is 0. The van der Waals surface area contributed by atoms with Crippen molar-refractivity contribution >= 4 is 6.08 Å². The van der Waals surface area contributed by atoms with Crippen molar-refractivity contribution in [2.75, 3.05) is 14.2 Å². The molecule has 20 heavy (non-hydrogen) atoms. The van der Waals surface area contributed by atoms with Gasteiger partial charge in [0, 0.05) is 6.07 Å². The van der Waals surface area contributed by atoms with Crippen LogP contribution in [-0.4, -0.2) is 14.2 Å². The minimum absolute atomic E-state index is 0.763. The minimum Gasteiger partial charge on any atom is -0.497 e. The van der Waals surface area contributed by atoms with Gasteiger partial charge in [-0.25, -0.2) is 0 Å². The van der Waals surface area contributed by atoms with Crippen molar-refractivity contribution in [1.82, 2.24) is 0 Å². The topological polar surface area (TPSA) is 18.5 Å². The summed E-state index contributed by atoms with van der Waals surface area (Å²) in [6.07, 6.45) is 9.71. The summed E-state index contributed by atoms with van der Waals surface area (Å²) < 4.78 is 10.5. The van der Waals surface area contributed by atoms with Crippen LogP contribution in [0.5, 0.6) is 11.5 Å². The van der Waals surface area contributed by atoms with Gasteiger partial charge in [0.1, 0.15) is 11.5 Å². The van der Waals surface area contributed by atoms with E-state index in [1.807, 2.05) is 55.8 Å². The van der Waals surface area contributed by atoms with E-state index in [-0.39, 0.29) is 0 Å². The van der Waals surface area contributed by atoms with Gasteiger partial charge in [0.25, 0.3) is 0 Å². The summed E-state index contributed by atoms with van der Waals surface area (Å²) in [5.74, 6) is 1.53. The van der Waals surface area contributed by atoms with Gasteiger partial charge in [-0.3, -0.25) is 0 Å². The lowest BCUT2D eigenvalue weighted by molar-refractivity contribution is 0.394. The first-order chi connectivity index (χ1) is 9.58. The van der Waals surface area contributed by atoms with Gasteiger partial charge in [-0.05, 0) is 23.3 Å². The molecule has 0 atom stereocenters.